The number of rotatable bonds is 8. The number of ether oxygens (including phenoxy) is 2. The van der Waals surface area contributed by atoms with Gasteiger partial charge in [-0.1, -0.05) is 23.7 Å². The summed E-state index contributed by atoms with van der Waals surface area (Å²) in [5, 5.41) is 3.14. The maximum absolute atomic E-state index is 13.2. The molecule has 0 aliphatic heterocycles. The van der Waals surface area contributed by atoms with Gasteiger partial charge in [-0.25, -0.2) is 4.98 Å². The number of fused-ring (bicyclic) bond motifs is 1. The van der Waals surface area contributed by atoms with Crippen molar-refractivity contribution < 1.29 is 14.3 Å². The van der Waals surface area contributed by atoms with Crippen molar-refractivity contribution in [1.29, 1.82) is 0 Å². The topological polar surface area (TPSA) is 85.7 Å². The van der Waals surface area contributed by atoms with Crippen LogP contribution in [-0.2, 0) is 11.3 Å². The van der Waals surface area contributed by atoms with Crippen LogP contribution in [0.1, 0.15) is 13.8 Å². The Morgan fingerprint density at radius 2 is 1.81 bits per heavy atom. The zero-order valence-corrected chi connectivity index (χ0v) is 18.7. The molecule has 0 radical (unpaired) electrons. The van der Waals surface area contributed by atoms with Gasteiger partial charge in [0.15, 0.2) is 5.82 Å². The first-order valence-corrected chi connectivity index (χ1v) is 10.3. The molecule has 1 N–H and O–H groups in total. The molecule has 9 heteroatoms. The minimum absolute atomic E-state index is 0.190. The Labute approximate surface area is 185 Å². The van der Waals surface area contributed by atoms with Crippen LogP contribution in [-0.4, -0.2) is 42.8 Å². The molecule has 8 nitrogen and oxygen atoms in total. The van der Waals surface area contributed by atoms with Crippen molar-refractivity contribution in [3.05, 3.63) is 51.8 Å². The fourth-order valence-corrected chi connectivity index (χ4v) is 3.59. The molecule has 0 aliphatic rings. The van der Waals surface area contributed by atoms with Gasteiger partial charge >= 0.3 is 0 Å². The lowest BCUT2D eigenvalue weighted by molar-refractivity contribution is -0.116. The number of amides is 1. The summed E-state index contributed by atoms with van der Waals surface area (Å²) in [6.07, 6.45) is 0. The summed E-state index contributed by atoms with van der Waals surface area (Å²) in [6.45, 7) is 4.98. The lowest BCUT2D eigenvalue weighted by Gasteiger charge is -2.21. The maximum atomic E-state index is 13.2. The predicted octanol–water partition coefficient (Wildman–Crippen LogP) is 3.55. The van der Waals surface area contributed by atoms with Gasteiger partial charge in [0.25, 0.3) is 5.56 Å². The Hall–Kier alpha value is -3.26. The lowest BCUT2D eigenvalue weighted by Crippen LogP contribution is -2.35. The van der Waals surface area contributed by atoms with E-state index < -0.39 is 5.91 Å². The summed E-state index contributed by atoms with van der Waals surface area (Å²) in [5.41, 5.74) is 1.30. The van der Waals surface area contributed by atoms with E-state index in [0.29, 0.717) is 52.1 Å². The standard InChI is InChI=1S/C22H25ClN4O4/c1-5-26(6-2)21-22(29)27(17-10-8-7-9-15(17)25-21)13-20(28)24-16-12-18(30-3)14(23)11-19(16)31-4/h7-12H,5-6,13H2,1-4H3,(H,24,28). The van der Waals surface area contributed by atoms with Gasteiger partial charge in [-0.3, -0.25) is 14.2 Å². The van der Waals surface area contributed by atoms with Crippen molar-refractivity contribution in [2.45, 2.75) is 20.4 Å². The Bertz CT molecular complexity index is 1160. The first-order chi connectivity index (χ1) is 14.9. The van der Waals surface area contributed by atoms with Gasteiger partial charge in [0.05, 0.1) is 36.0 Å². The number of halogens is 1. The quantitative estimate of drug-likeness (QED) is 0.571. The first kappa shape index (κ1) is 22.4. The van der Waals surface area contributed by atoms with Crippen LogP contribution in [0, 0.1) is 0 Å². The van der Waals surface area contributed by atoms with Crippen molar-refractivity contribution in [1.82, 2.24) is 9.55 Å². The molecule has 0 saturated carbocycles. The van der Waals surface area contributed by atoms with E-state index in [1.54, 1.807) is 18.2 Å². The molecule has 3 rings (SSSR count). The highest BCUT2D eigenvalue weighted by molar-refractivity contribution is 6.32. The van der Waals surface area contributed by atoms with Crippen LogP contribution in [0.2, 0.25) is 5.02 Å². The van der Waals surface area contributed by atoms with Crippen LogP contribution < -0.4 is 25.2 Å². The van der Waals surface area contributed by atoms with Crippen molar-refractivity contribution >= 4 is 40.0 Å². The molecule has 0 bridgehead atoms. The fraction of sp³-hybridized carbons (Fsp3) is 0.318. The largest absolute Gasteiger partial charge is 0.495 e. The molecule has 0 saturated heterocycles. The smallest absolute Gasteiger partial charge is 0.294 e. The molecule has 3 aromatic rings. The van der Waals surface area contributed by atoms with Gasteiger partial charge in [-0.15, -0.1) is 0 Å². The number of methoxy groups -OCH3 is 2. The van der Waals surface area contributed by atoms with Crippen LogP contribution in [0.3, 0.4) is 0 Å². The molecule has 0 aliphatic carbocycles. The van der Waals surface area contributed by atoms with E-state index in [0.717, 1.165) is 0 Å². The van der Waals surface area contributed by atoms with Crippen molar-refractivity contribution in [2.75, 3.05) is 37.5 Å². The highest BCUT2D eigenvalue weighted by Crippen LogP contribution is 2.35. The number of carbonyl (C=O) groups excluding carboxylic acids is 1. The second-order valence-corrected chi connectivity index (χ2v) is 7.13. The van der Waals surface area contributed by atoms with Gasteiger partial charge in [0.2, 0.25) is 5.91 Å². The Kier molecular flexibility index (Phi) is 7.02. The Morgan fingerprint density at radius 3 is 2.45 bits per heavy atom. The van der Waals surface area contributed by atoms with E-state index >= 15 is 0 Å². The van der Waals surface area contributed by atoms with Gasteiger partial charge in [0, 0.05) is 25.2 Å². The van der Waals surface area contributed by atoms with Gasteiger partial charge in [0.1, 0.15) is 18.0 Å². The van der Waals surface area contributed by atoms with Gasteiger partial charge in [-0.2, -0.15) is 0 Å². The highest BCUT2D eigenvalue weighted by atomic mass is 35.5. The second-order valence-electron chi connectivity index (χ2n) is 6.72. The van der Waals surface area contributed by atoms with Gasteiger partial charge in [-0.05, 0) is 26.0 Å². The number of nitrogens with one attached hydrogen (secondary N) is 1. The zero-order chi connectivity index (χ0) is 22.5. The van der Waals surface area contributed by atoms with Crippen LogP contribution >= 0.6 is 11.6 Å². The summed E-state index contributed by atoms with van der Waals surface area (Å²) in [7, 11) is 2.96. The molecule has 1 aromatic heterocycles. The first-order valence-electron chi connectivity index (χ1n) is 9.89. The molecule has 0 spiro atoms. The zero-order valence-electron chi connectivity index (χ0n) is 17.9. The number of aromatic nitrogens is 2. The highest BCUT2D eigenvalue weighted by Gasteiger charge is 2.18. The molecule has 1 heterocycles. The number of nitrogens with zero attached hydrogens (tertiary/aromatic N) is 3. The number of hydrogen-bond donors (Lipinski definition) is 1. The summed E-state index contributed by atoms with van der Waals surface area (Å²) in [4.78, 5) is 32.5. The fourth-order valence-electron chi connectivity index (χ4n) is 3.36. The number of anilines is 2. The number of benzene rings is 2. The second kappa shape index (κ2) is 9.70. The van der Waals surface area contributed by atoms with Crippen LogP contribution in [0.5, 0.6) is 11.5 Å². The number of hydrogen-bond acceptors (Lipinski definition) is 6. The molecular formula is C22H25ClN4O4. The minimum atomic E-state index is -0.397. The molecule has 0 unspecified atom stereocenters. The Morgan fingerprint density at radius 1 is 1.13 bits per heavy atom. The third-order valence-corrected chi connectivity index (χ3v) is 5.24. The van der Waals surface area contributed by atoms with Gasteiger partial charge < -0.3 is 19.7 Å². The predicted molar refractivity (Wildman–Crippen MR) is 123 cm³/mol. The normalized spacial score (nSPS) is 10.7. The summed E-state index contributed by atoms with van der Waals surface area (Å²) >= 11 is 6.13. The van der Waals surface area contributed by atoms with E-state index in [1.807, 2.05) is 36.9 Å². The van der Waals surface area contributed by atoms with Crippen molar-refractivity contribution in [3.8, 4) is 11.5 Å². The average Bonchev–Trinajstić information content (AvgIpc) is 2.78. The minimum Gasteiger partial charge on any atom is -0.495 e. The summed E-state index contributed by atoms with van der Waals surface area (Å²) < 4.78 is 12.0. The van der Waals surface area contributed by atoms with Crippen LogP contribution in [0.4, 0.5) is 11.5 Å². The van der Waals surface area contributed by atoms with Crippen LogP contribution in [0.15, 0.2) is 41.2 Å². The van der Waals surface area contributed by atoms with E-state index in [2.05, 4.69) is 10.3 Å². The van der Waals surface area contributed by atoms with E-state index in [-0.39, 0.29) is 12.1 Å². The lowest BCUT2D eigenvalue weighted by atomic mass is 10.2. The summed E-state index contributed by atoms with van der Waals surface area (Å²) in [5.74, 6) is 0.705. The van der Waals surface area contributed by atoms with Crippen LogP contribution in [0.25, 0.3) is 11.0 Å². The molecular weight excluding hydrogens is 420 g/mol. The van der Waals surface area contributed by atoms with Crippen molar-refractivity contribution in [3.63, 3.8) is 0 Å². The third-order valence-electron chi connectivity index (χ3n) is 4.95. The van der Waals surface area contributed by atoms with E-state index in [1.165, 1.54) is 18.8 Å². The maximum Gasteiger partial charge on any atom is 0.294 e. The molecule has 0 atom stereocenters. The molecule has 2 aromatic carbocycles. The van der Waals surface area contributed by atoms with E-state index in [4.69, 9.17) is 21.1 Å². The molecule has 31 heavy (non-hydrogen) atoms. The molecule has 164 valence electrons. The molecule has 0 fully saturated rings. The number of para-hydroxylation sites is 2. The third kappa shape index (κ3) is 4.59. The monoisotopic (exact) mass is 444 g/mol. The van der Waals surface area contributed by atoms with Crippen molar-refractivity contribution in [2.24, 2.45) is 0 Å². The molecule has 1 amide bonds. The average molecular weight is 445 g/mol. The number of carbonyl (C=O) groups is 1. The SMILES string of the molecule is CCN(CC)c1nc2ccccc2n(CC(=O)Nc2cc(OC)c(Cl)cc2OC)c1=O. The van der Waals surface area contributed by atoms with E-state index in [9.17, 15) is 9.59 Å². The Balaban J connectivity index is 2.01. The summed E-state index contributed by atoms with van der Waals surface area (Å²) in [6, 6.07) is 10.4.